The molecule has 0 spiro atoms. The molecule has 0 aliphatic heterocycles. The second-order valence-electron chi connectivity index (χ2n) is 6.27. The van der Waals surface area contributed by atoms with Gasteiger partial charge in [0.05, 0.1) is 18.3 Å². The highest BCUT2D eigenvalue weighted by atomic mass is 32.1. The van der Waals surface area contributed by atoms with Gasteiger partial charge in [-0.15, -0.1) is 22.7 Å². The molecule has 6 heteroatoms. The van der Waals surface area contributed by atoms with E-state index in [-0.39, 0.29) is 0 Å². The Morgan fingerprint density at radius 3 is 2.40 bits per heavy atom. The van der Waals surface area contributed by atoms with Crippen LogP contribution in [0.15, 0.2) is 41.8 Å². The summed E-state index contributed by atoms with van der Waals surface area (Å²) in [6, 6.07) is 12.9. The van der Waals surface area contributed by atoms with Crippen LogP contribution < -0.4 is 0 Å². The van der Waals surface area contributed by atoms with E-state index in [0.717, 1.165) is 23.2 Å². The minimum Gasteiger partial charge on any atom is -0.376 e. The summed E-state index contributed by atoms with van der Waals surface area (Å²) in [7, 11) is 0. The minimum absolute atomic E-state index is 0.560. The van der Waals surface area contributed by atoms with E-state index in [4.69, 9.17) is 4.74 Å². The van der Waals surface area contributed by atoms with Crippen LogP contribution in [0.25, 0.3) is 31.9 Å². The standard InChI is InChI=1S/C19H18N2OS3/c1-12(2)10-22-11-13-5-8-17(24-13)15-7-6-14(16-4-3-9-23-16)18-19(15)21-25-20-18/h3-9,12H,10-11H2,1-2H3. The lowest BCUT2D eigenvalue weighted by Crippen LogP contribution is -2.00. The Labute approximate surface area is 159 Å². The number of benzene rings is 1. The predicted molar refractivity (Wildman–Crippen MR) is 109 cm³/mol. The maximum atomic E-state index is 5.76. The number of rotatable bonds is 6. The van der Waals surface area contributed by atoms with Gasteiger partial charge in [0.1, 0.15) is 11.0 Å². The van der Waals surface area contributed by atoms with Gasteiger partial charge in [-0.25, -0.2) is 0 Å². The van der Waals surface area contributed by atoms with Crippen molar-refractivity contribution >= 4 is 45.4 Å². The lowest BCUT2D eigenvalue weighted by molar-refractivity contribution is 0.0989. The van der Waals surface area contributed by atoms with Gasteiger partial charge in [-0.1, -0.05) is 32.0 Å². The van der Waals surface area contributed by atoms with Crippen molar-refractivity contribution in [3.05, 3.63) is 46.7 Å². The van der Waals surface area contributed by atoms with Crippen molar-refractivity contribution in [2.45, 2.75) is 20.5 Å². The van der Waals surface area contributed by atoms with Crippen molar-refractivity contribution in [3.8, 4) is 20.9 Å². The van der Waals surface area contributed by atoms with Gasteiger partial charge in [-0.2, -0.15) is 8.75 Å². The van der Waals surface area contributed by atoms with Gasteiger partial charge in [-0.05, 0) is 29.5 Å². The molecule has 0 bridgehead atoms. The van der Waals surface area contributed by atoms with E-state index in [1.54, 1.807) is 22.7 Å². The summed E-state index contributed by atoms with van der Waals surface area (Å²) in [5.74, 6) is 0.560. The molecule has 0 aliphatic carbocycles. The van der Waals surface area contributed by atoms with Crippen LogP contribution in [0.2, 0.25) is 0 Å². The second-order valence-corrected chi connectivity index (χ2v) is 8.92. The number of thiophene rings is 2. The molecule has 128 valence electrons. The largest absolute Gasteiger partial charge is 0.376 e. The molecule has 4 rings (SSSR count). The zero-order valence-electron chi connectivity index (χ0n) is 14.1. The average Bonchev–Trinajstić information content (AvgIpc) is 3.34. The van der Waals surface area contributed by atoms with Crippen molar-refractivity contribution < 1.29 is 4.74 Å². The summed E-state index contributed by atoms with van der Waals surface area (Å²) in [4.78, 5) is 3.70. The van der Waals surface area contributed by atoms with Crippen molar-refractivity contribution in [1.29, 1.82) is 0 Å². The molecule has 0 radical (unpaired) electrons. The van der Waals surface area contributed by atoms with Gasteiger partial charge >= 0.3 is 0 Å². The fourth-order valence-corrected chi connectivity index (χ4v) is 4.99. The van der Waals surface area contributed by atoms with Gasteiger partial charge in [0.25, 0.3) is 0 Å². The molecule has 3 aromatic heterocycles. The van der Waals surface area contributed by atoms with Crippen molar-refractivity contribution in [2.75, 3.05) is 6.61 Å². The van der Waals surface area contributed by atoms with E-state index < -0.39 is 0 Å². The van der Waals surface area contributed by atoms with Crippen LogP contribution in [-0.2, 0) is 11.3 Å². The number of hydrogen-bond donors (Lipinski definition) is 0. The first-order valence-corrected chi connectivity index (χ1v) is 10.6. The molecule has 0 fully saturated rings. The van der Waals surface area contributed by atoms with E-state index in [2.05, 4.69) is 64.4 Å². The normalized spacial score (nSPS) is 11.6. The quantitative estimate of drug-likeness (QED) is 0.389. The third kappa shape index (κ3) is 3.53. The molecule has 0 atom stereocenters. The molecule has 0 saturated heterocycles. The zero-order chi connectivity index (χ0) is 17.2. The number of aromatic nitrogens is 2. The van der Waals surface area contributed by atoms with E-state index in [9.17, 15) is 0 Å². The lowest BCUT2D eigenvalue weighted by Gasteiger charge is -2.05. The Kier molecular flexibility index (Phi) is 4.94. The maximum Gasteiger partial charge on any atom is 0.114 e. The van der Waals surface area contributed by atoms with Crippen molar-refractivity contribution in [1.82, 2.24) is 8.75 Å². The van der Waals surface area contributed by atoms with Crippen molar-refractivity contribution in [3.63, 3.8) is 0 Å². The van der Waals surface area contributed by atoms with Gasteiger partial charge in [0, 0.05) is 32.4 Å². The van der Waals surface area contributed by atoms with Crippen LogP contribution in [-0.4, -0.2) is 15.4 Å². The molecule has 3 heterocycles. The van der Waals surface area contributed by atoms with Gasteiger partial charge in [-0.3, -0.25) is 0 Å². The van der Waals surface area contributed by atoms with Crippen LogP contribution >= 0.6 is 34.4 Å². The van der Waals surface area contributed by atoms with Gasteiger partial charge in [0.15, 0.2) is 0 Å². The zero-order valence-corrected chi connectivity index (χ0v) is 16.5. The molecule has 3 nitrogen and oxygen atoms in total. The third-order valence-electron chi connectivity index (χ3n) is 3.82. The molecular formula is C19H18N2OS3. The molecule has 0 aliphatic rings. The number of ether oxygens (including phenoxy) is 1. The first kappa shape index (κ1) is 16.8. The summed E-state index contributed by atoms with van der Waals surface area (Å²) in [5, 5.41) is 2.09. The monoisotopic (exact) mass is 386 g/mol. The van der Waals surface area contributed by atoms with Crippen LogP contribution in [0.4, 0.5) is 0 Å². The molecule has 1 aromatic carbocycles. The molecule has 0 amide bonds. The Bertz CT molecular complexity index is 970. The lowest BCUT2D eigenvalue weighted by atomic mass is 10.1. The molecule has 0 saturated carbocycles. The van der Waals surface area contributed by atoms with Crippen molar-refractivity contribution in [2.24, 2.45) is 5.92 Å². The molecule has 0 N–H and O–H groups in total. The Hall–Kier alpha value is -1.60. The predicted octanol–water partition coefficient (Wildman–Crippen LogP) is 6.32. The average molecular weight is 387 g/mol. The van der Waals surface area contributed by atoms with E-state index in [1.807, 2.05) is 0 Å². The molecular weight excluding hydrogens is 368 g/mol. The SMILES string of the molecule is CC(C)COCc1ccc(-c2ccc(-c3cccs3)c3nsnc23)s1. The molecule has 4 aromatic rings. The fourth-order valence-electron chi connectivity index (χ4n) is 2.69. The summed E-state index contributed by atoms with van der Waals surface area (Å²) in [5.41, 5.74) is 4.31. The summed E-state index contributed by atoms with van der Waals surface area (Å²) in [6.45, 7) is 5.81. The molecule has 25 heavy (non-hydrogen) atoms. The Morgan fingerprint density at radius 2 is 1.72 bits per heavy atom. The third-order valence-corrected chi connectivity index (χ3v) is 6.35. The second kappa shape index (κ2) is 7.33. The smallest absolute Gasteiger partial charge is 0.114 e. The van der Waals surface area contributed by atoms with Gasteiger partial charge in [0.2, 0.25) is 0 Å². The Balaban J connectivity index is 1.65. The Morgan fingerprint density at radius 1 is 0.960 bits per heavy atom. The summed E-state index contributed by atoms with van der Waals surface area (Å²) in [6.07, 6.45) is 0. The van der Waals surface area contributed by atoms with Gasteiger partial charge < -0.3 is 4.74 Å². The first-order chi connectivity index (χ1) is 12.2. The van der Waals surface area contributed by atoms with Crippen LogP contribution in [0.5, 0.6) is 0 Å². The highest BCUT2D eigenvalue weighted by molar-refractivity contribution is 7.15. The number of nitrogens with zero attached hydrogens (tertiary/aromatic N) is 2. The van der Waals surface area contributed by atoms with E-state index >= 15 is 0 Å². The van der Waals surface area contributed by atoms with E-state index in [0.29, 0.717) is 12.5 Å². The maximum absolute atomic E-state index is 5.76. The summed E-state index contributed by atoms with van der Waals surface area (Å²) >= 11 is 4.79. The topological polar surface area (TPSA) is 35.0 Å². The molecule has 0 unspecified atom stereocenters. The summed E-state index contributed by atoms with van der Waals surface area (Å²) < 4.78 is 14.9. The minimum atomic E-state index is 0.560. The van der Waals surface area contributed by atoms with Crippen LogP contribution in [0.1, 0.15) is 18.7 Å². The fraction of sp³-hybridized carbons (Fsp3) is 0.263. The van der Waals surface area contributed by atoms with Crippen LogP contribution in [0, 0.1) is 5.92 Å². The van der Waals surface area contributed by atoms with Crippen LogP contribution in [0.3, 0.4) is 0 Å². The number of hydrogen-bond acceptors (Lipinski definition) is 6. The highest BCUT2D eigenvalue weighted by Gasteiger charge is 2.15. The number of fused-ring (bicyclic) bond motifs is 1. The first-order valence-electron chi connectivity index (χ1n) is 8.18. The van der Waals surface area contributed by atoms with E-state index in [1.165, 1.54) is 31.9 Å². The highest BCUT2D eigenvalue weighted by Crippen LogP contribution is 2.38.